The highest BCUT2D eigenvalue weighted by atomic mass is 16.2. The molecule has 4 aromatic carbocycles. The van der Waals surface area contributed by atoms with Crippen LogP contribution in [0, 0.1) is 0 Å². The van der Waals surface area contributed by atoms with Gasteiger partial charge in [-0.15, -0.1) is 0 Å². The molecule has 5 heteroatoms. The molecule has 0 fully saturated rings. The highest BCUT2D eigenvalue weighted by Gasteiger charge is 2.19. The molecule has 0 saturated carbocycles. The standard InChI is InChI=1S/C31H29N3O2/c32-30(35)28-11-5-4-10-27(28)24-14-12-23(13-15-24)21-34-18-6-9-25-19-26(16-17-29(25)34)31(36)33-20-22-7-2-1-3-8-22/h1-5,7-8,10-17,19H,6,9,18,20-21H2,(H2,32,35)(H,33,36). The SMILES string of the molecule is NC(=O)c1ccccc1-c1ccc(CN2CCCc3cc(C(=O)NCc4ccccc4)ccc32)cc1. The van der Waals surface area contributed by atoms with Gasteiger partial charge in [0.25, 0.3) is 5.91 Å². The van der Waals surface area contributed by atoms with Crippen LogP contribution in [0.2, 0.25) is 0 Å². The average Bonchev–Trinajstić information content (AvgIpc) is 2.92. The number of aryl methyl sites for hydroxylation is 1. The maximum absolute atomic E-state index is 12.7. The van der Waals surface area contributed by atoms with Crippen molar-refractivity contribution >= 4 is 17.5 Å². The van der Waals surface area contributed by atoms with Crippen molar-refractivity contribution in [3.63, 3.8) is 0 Å². The number of nitrogens with one attached hydrogen (secondary N) is 1. The Morgan fingerprint density at radius 3 is 2.36 bits per heavy atom. The van der Waals surface area contributed by atoms with Crippen molar-refractivity contribution in [1.29, 1.82) is 0 Å². The van der Waals surface area contributed by atoms with Crippen molar-refractivity contribution in [2.45, 2.75) is 25.9 Å². The van der Waals surface area contributed by atoms with Gasteiger partial charge >= 0.3 is 0 Å². The van der Waals surface area contributed by atoms with Crippen LogP contribution in [0.1, 0.15) is 43.8 Å². The van der Waals surface area contributed by atoms with E-state index in [0.29, 0.717) is 17.7 Å². The van der Waals surface area contributed by atoms with Gasteiger partial charge in [-0.25, -0.2) is 0 Å². The van der Waals surface area contributed by atoms with Crippen molar-refractivity contribution in [1.82, 2.24) is 5.32 Å². The monoisotopic (exact) mass is 475 g/mol. The third-order valence-electron chi connectivity index (χ3n) is 6.68. The number of primary amides is 1. The minimum atomic E-state index is -0.423. The lowest BCUT2D eigenvalue weighted by Crippen LogP contribution is -2.29. The van der Waals surface area contributed by atoms with Gasteiger partial charge in [0.15, 0.2) is 0 Å². The molecule has 0 bridgehead atoms. The summed E-state index contributed by atoms with van der Waals surface area (Å²) in [4.78, 5) is 26.9. The van der Waals surface area contributed by atoms with E-state index in [1.807, 2.05) is 72.8 Å². The maximum atomic E-state index is 12.7. The summed E-state index contributed by atoms with van der Waals surface area (Å²) in [5, 5.41) is 3.02. The summed E-state index contributed by atoms with van der Waals surface area (Å²) in [7, 11) is 0. The van der Waals surface area contributed by atoms with Gasteiger partial charge in [0.2, 0.25) is 5.91 Å². The molecule has 0 radical (unpaired) electrons. The van der Waals surface area contributed by atoms with Crippen LogP contribution in [0.4, 0.5) is 5.69 Å². The van der Waals surface area contributed by atoms with E-state index in [1.165, 1.54) is 16.8 Å². The number of carbonyl (C=O) groups is 2. The Balaban J connectivity index is 1.28. The summed E-state index contributed by atoms with van der Waals surface area (Å²) in [5.41, 5.74) is 13.3. The number of benzene rings is 4. The quantitative estimate of drug-likeness (QED) is 0.379. The van der Waals surface area contributed by atoms with Gasteiger partial charge in [-0.05, 0) is 64.9 Å². The lowest BCUT2D eigenvalue weighted by molar-refractivity contribution is 0.0949. The van der Waals surface area contributed by atoms with Gasteiger partial charge in [0.1, 0.15) is 0 Å². The second-order valence-corrected chi connectivity index (χ2v) is 9.14. The van der Waals surface area contributed by atoms with Gasteiger partial charge in [-0.3, -0.25) is 9.59 Å². The summed E-state index contributed by atoms with van der Waals surface area (Å²) in [6.45, 7) is 2.27. The molecule has 0 spiro atoms. The minimum absolute atomic E-state index is 0.0504. The van der Waals surface area contributed by atoms with E-state index in [4.69, 9.17) is 5.73 Å². The summed E-state index contributed by atoms with van der Waals surface area (Å²) >= 11 is 0. The van der Waals surface area contributed by atoms with E-state index < -0.39 is 5.91 Å². The first-order valence-corrected chi connectivity index (χ1v) is 12.3. The number of rotatable bonds is 7. The van der Waals surface area contributed by atoms with Crippen LogP contribution < -0.4 is 16.0 Å². The molecule has 5 rings (SSSR count). The first-order valence-electron chi connectivity index (χ1n) is 12.3. The normalized spacial score (nSPS) is 12.6. The van der Waals surface area contributed by atoms with E-state index >= 15 is 0 Å². The van der Waals surface area contributed by atoms with Crippen LogP contribution in [0.15, 0.2) is 97.1 Å². The molecule has 0 unspecified atom stereocenters. The third kappa shape index (κ3) is 5.15. The Bertz CT molecular complexity index is 1380. The fourth-order valence-corrected chi connectivity index (χ4v) is 4.82. The fourth-order valence-electron chi connectivity index (χ4n) is 4.82. The predicted molar refractivity (Wildman–Crippen MR) is 144 cm³/mol. The van der Waals surface area contributed by atoms with Crippen molar-refractivity contribution in [3.05, 3.63) is 125 Å². The molecule has 180 valence electrons. The Hall–Kier alpha value is -4.38. The highest BCUT2D eigenvalue weighted by molar-refractivity contribution is 5.99. The average molecular weight is 476 g/mol. The van der Waals surface area contributed by atoms with Crippen LogP contribution in [0.3, 0.4) is 0 Å². The van der Waals surface area contributed by atoms with Crippen LogP contribution in [0.25, 0.3) is 11.1 Å². The molecule has 3 N–H and O–H groups in total. The number of amides is 2. The topological polar surface area (TPSA) is 75.4 Å². The number of nitrogens with zero attached hydrogens (tertiary/aromatic N) is 1. The van der Waals surface area contributed by atoms with Crippen LogP contribution in [0.5, 0.6) is 0 Å². The van der Waals surface area contributed by atoms with E-state index in [-0.39, 0.29) is 5.91 Å². The molecule has 0 atom stereocenters. The first kappa shape index (κ1) is 23.4. The van der Waals surface area contributed by atoms with Crippen molar-refractivity contribution in [2.24, 2.45) is 5.73 Å². The molecule has 0 aliphatic carbocycles. The molecule has 1 heterocycles. The fraction of sp³-hybridized carbons (Fsp3) is 0.161. The number of hydrogen-bond acceptors (Lipinski definition) is 3. The van der Waals surface area contributed by atoms with Gasteiger partial charge in [-0.2, -0.15) is 0 Å². The lowest BCUT2D eigenvalue weighted by Gasteiger charge is -2.32. The Kier molecular flexibility index (Phi) is 6.80. The molecular weight excluding hydrogens is 446 g/mol. The second-order valence-electron chi connectivity index (χ2n) is 9.14. The smallest absolute Gasteiger partial charge is 0.251 e. The predicted octanol–water partition coefficient (Wildman–Crippen LogP) is 5.34. The lowest BCUT2D eigenvalue weighted by atomic mass is 9.97. The van der Waals surface area contributed by atoms with Gasteiger partial charge in [0.05, 0.1) is 0 Å². The number of fused-ring (bicyclic) bond motifs is 1. The second kappa shape index (κ2) is 10.5. The Morgan fingerprint density at radius 1 is 0.833 bits per heavy atom. The number of hydrogen-bond donors (Lipinski definition) is 2. The number of carbonyl (C=O) groups excluding carboxylic acids is 2. The van der Waals surface area contributed by atoms with Crippen LogP contribution >= 0.6 is 0 Å². The van der Waals surface area contributed by atoms with E-state index in [9.17, 15) is 9.59 Å². The largest absolute Gasteiger partial charge is 0.367 e. The van der Waals surface area contributed by atoms with Gasteiger partial charge in [0, 0.05) is 36.4 Å². The van der Waals surface area contributed by atoms with E-state index in [0.717, 1.165) is 42.6 Å². The number of nitrogens with two attached hydrogens (primary N) is 1. The van der Waals surface area contributed by atoms with E-state index in [2.05, 4.69) is 28.4 Å². The molecule has 1 aliphatic rings. The van der Waals surface area contributed by atoms with Crippen LogP contribution in [-0.2, 0) is 19.5 Å². The van der Waals surface area contributed by atoms with E-state index in [1.54, 1.807) is 6.07 Å². The minimum Gasteiger partial charge on any atom is -0.367 e. The zero-order chi connectivity index (χ0) is 24.9. The zero-order valence-corrected chi connectivity index (χ0v) is 20.1. The summed E-state index contributed by atoms with van der Waals surface area (Å²) in [5.74, 6) is -0.474. The Morgan fingerprint density at radius 2 is 1.58 bits per heavy atom. The zero-order valence-electron chi connectivity index (χ0n) is 20.1. The molecule has 0 aromatic heterocycles. The maximum Gasteiger partial charge on any atom is 0.251 e. The van der Waals surface area contributed by atoms with Crippen LogP contribution in [-0.4, -0.2) is 18.4 Å². The number of anilines is 1. The molecule has 1 aliphatic heterocycles. The summed E-state index contributed by atoms with van der Waals surface area (Å²) in [6.07, 6.45) is 2.01. The molecule has 0 saturated heterocycles. The molecule has 5 nitrogen and oxygen atoms in total. The van der Waals surface area contributed by atoms with Gasteiger partial charge in [-0.1, -0.05) is 72.8 Å². The first-order chi connectivity index (χ1) is 17.6. The van der Waals surface area contributed by atoms with Crippen molar-refractivity contribution < 1.29 is 9.59 Å². The third-order valence-corrected chi connectivity index (χ3v) is 6.68. The van der Waals surface area contributed by atoms with Crippen molar-refractivity contribution in [3.8, 4) is 11.1 Å². The van der Waals surface area contributed by atoms with Crippen molar-refractivity contribution in [2.75, 3.05) is 11.4 Å². The molecule has 2 amide bonds. The molecule has 36 heavy (non-hydrogen) atoms. The summed E-state index contributed by atoms with van der Waals surface area (Å²) < 4.78 is 0. The highest BCUT2D eigenvalue weighted by Crippen LogP contribution is 2.30. The molecular formula is C31H29N3O2. The Labute approximate surface area is 211 Å². The summed E-state index contributed by atoms with van der Waals surface area (Å²) in [6, 6.07) is 31.7. The molecule has 4 aromatic rings. The van der Waals surface area contributed by atoms with Gasteiger partial charge < -0.3 is 16.0 Å².